The Kier molecular flexibility index (Phi) is 14.2. The van der Waals surface area contributed by atoms with Gasteiger partial charge < -0.3 is 20.5 Å². The molecule has 1 atom stereocenters. The van der Waals surface area contributed by atoms with Gasteiger partial charge in [0.15, 0.2) is 0 Å². The summed E-state index contributed by atoms with van der Waals surface area (Å²) < 4.78 is 70.8. The minimum atomic E-state index is -3.67. The Morgan fingerprint density at radius 2 is 1.31 bits per heavy atom. The van der Waals surface area contributed by atoms with Crippen LogP contribution in [0.15, 0.2) is 54.6 Å². The number of rotatable bonds is 8. The van der Waals surface area contributed by atoms with Crippen molar-refractivity contribution in [2.45, 2.75) is 33.3 Å². The van der Waals surface area contributed by atoms with Gasteiger partial charge >= 0.3 is 0 Å². The van der Waals surface area contributed by atoms with Gasteiger partial charge in [-0.2, -0.15) is 16.8 Å². The highest BCUT2D eigenvalue weighted by atomic mass is 32.2. The van der Waals surface area contributed by atoms with Crippen molar-refractivity contribution in [3.8, 4) is 5.75 Å². The van der Waals surface area contributed by atoms with Gasteiger partial charge in [-0.1, -0.05) is 24.3 Å². The quantitative estimate of drug-likeness (QED) is 0.205. The van der Waals surface area contributed by atoms with Gasteiger partial charge in [-0.15, -0.1) is 0 Å². The van der Waals surface area contributed by atoms with Crippen LogP contribution in [-0.2, 0) is 26.7 Å². The lowest BCUT2D eigenvalue weighted by Crippen LogP contribution is -2.49. The molecule has 11 nitrogen and oxygen atoms in total. The van der Waals surface area contributed by atoms with Crippen LogP contribution in [0.5, 0.6) is 5.75 Å². The number of nitrogens with two attached hydrogens (primary N) is 1. The minimum Gasteiger partial charge on any atom is -0.491 e. The van der Waals surface area contributed by atoms with Crippen molar-refractivity contribution in [3.05, 3.63) is 88.2 Å². The monoisotopic (exact) mass is 669 g/mol. The second-order valence-corrected chi connectivity index (χ2v) is 14.0. The standard InChI is InChI=1S/C29H36FN3O2.2CH4O3S/c1-20-16-28(21(2)22(3)29(20)31)35-19-27(34)18-32-12-14-33(15-13-32)26-10-6-24(7-11-26)17-23-4-8-25(30)9-5-23;2*1-5(2,3)4/h4-11,16,27,34H,12-15,17-19,31H2,1-3H3;2*1H3,(H,2,3,4). The number of benzene rings is 3. The maximum absolute atomic E-state index is 13.1. The van der Waals surface area contributed by atoms with E-state index in [1.54, 1.807) is 0 Å². The first-order valence-corrected chi connectivity index (χ1v) is 17.8. The molecule has 5 N–H and O–H groups in total. The molecule has 1 fully saturated rings. The molecule has 0 aromatic heterocycles. The Bertz CT molecular complexity index is 1550. The summed E-state index contributed by atoms with van der Waals surface area (Å²) in [6.07, 6.45) is 1.67. The Balaban J connectivity index is 0.000000613. The summed E-state index contributed by atoms with van der Waals surface area (Å²) in [5.41, 5.74) is 13.5. The molecule has 1 aliphatic heterocycles. The number of nitrogens with zero attached hydrogens (tertiary/aromatic N) is 2. The Morgan fingerprint density at radius 1 is 0.844 bits per heavy atom. The van der Waals surface area contributed by atoms with Crippen LogP contribution in [0.25, 0.3) is 0 Å². The van der Waals surface area contributed by atoms with Crippen molar-refractivity contribution in [1.82, 2.24) is 4.90 Å². The first-order valence-electron chi connectivity index (χ1n) is 14.1. The molecule has 45 heavy (non-hydrogen) atoms. The zero-order chi connectivity index (χ0) is 33.9. The molecule has 0 saturated carbocycles. The van der Waals surface area contributed by atoms with Gasteiger partial charge in [0.1, 0.15) is 24.3 Å². The van der Waals surface area contributed by atoms with Crippen molar-refractivity contribution in [2.75, 3.05) is 62.5 Å². The second kappa shape index (κ2) is 16.9. The largest absolute Gasteiger partial charge is 0.491 e. The normalized spacial score (nSPS) is 14.5. The number of ether oxygens (including phenoxy) is 1. The van der Waals surface area contributed by atoms with Crippen LogP contribution in [0, 0.1) is 26.6 Å². The average Bonchev–Trinajstić information content (AvgIpc) is 2.93. The highest BCUT2D eigenvalue weighted by Crippen LogP contribution is 2.29. The molecule has 1 saturated heterocycles. The first-order chi connectivity index (χ1) is 20.8. The van der Waals surface area contributed by atoms with Gasteiger partial charge in [-0.05, 0) is 85.3 Å². The molecule has 3 aromatic rings. The fraction of sp³-hybridized carbons (Fsp3) is 0.419. The lowest BCUT2D eigenvalue weighted by Gasteiger charge is -2.37. The van der Waals surface area contributed by atoms with Gasteiger partial charge in [0.25, 0.3) is 20.2 Å². The summed E-state index contributed by atoms with van der Waals surface area (Å²) in [4.78, 5) is 4.67. The molecule has 0 bridgehead atoms. The van der Waals surface area contributed by atoms with E-state index in [0.29, 0.717) is 19.1 Å². The summed E-state index contributed by atoms with van der Waals surface area (Å²) in [7, 11) is -7.33. The van der Waals surface area contributed by atoms with Crippen molar-refractivity contribution < 1.29 is 40.2 Å². The smallest absolute Gasteiger partial charge is 0.261 e. The van der Waals surface area contributed by atoms with E-state index in [9.17, 15) is 26.3 Å². The number of β-amino-alcohol motifs (C(OH)–C–C–N with tert-alkyl or cyclic N) is 1. The van der Waals surface area contributed by atoms with Crippen molar-refractivity contribution >= 4 is 31.6 Å². The predicted molar refractivity (Wildman–Crippen MR) is 176 cm³/mol. The zero-order valence-electron chi connectivity index (χ0n) is 26.3. The fourth-order valence-corrected chi connectivity index (χ4v) is 4.60. The number of piperazine rings is 1. The van der Waals surface area contributed by atoms with Crippen LogP contribution >= 0.6 is 0 Å². The average molecular weight is 670 g/mol. The van der Waals surface area contributed by atoms with Crippen molar-refractivity contribution in [3.63, 3.8) is 0 Å². The molecule has 0 spiro atoms. The van der Waals surface area contributed by atoms with Crippen molar-refractivity contribution in [1.29, 1.82) is 0 Å². The van der Waals surface area contributed by atoms with E-state index in [1.165, 1.54) is 23.4 Å². The molecule has 4 rings (SSSR count). The van der Waals surface area contributed by atoms with Crippen LogP contribution in [0.3, 0.4) is 0 Å². The van der Waals surface area contributed by atoms with Gasteiger partial charge in [-0.25, -0.2) is 4.39 Å². The van der Waals surface area contributed by atoms with Gasteiger partial charge in [0.2, 0.25) is 0 Å². The number of hydrogen-bond donors (Lipinski definition) is 4. The highest BCUT2D eigenvalue weighted by molar-refractivity contribution is 7.85. The molecular weight excluding hydrogens is 625 g/mol. The maximum atomic E-state index is 13.1. The van der Waals surface area contributed by atoms with E-state index >= 15 is 0 Å². The summed E-state index contributed by atoms with van der Waals surface area (Å²) in [5, 5.41) is 10.6. The molecule has 14 heteroatoms. The molecule has 1 unspecified atom stereocenters. The Morgan fingerprint density at radius 3 is 1.80 bits per heavy atom. The van der Waals surface area contributed by atoms with Crippen LogP contribution < -0.4 is 15.4 Å². The number of aliphatic hydroxyl groups excluding tert-OH is 1. The van der Waals surface area contributed by atoms with Crippen LogP contribution in [-0.4, -0.2) is 93.9 Å². The SMILES string of the molecule is CS(=O)(=O)O.CS(=O)(=O)O.Cc1cc(OCC(O)CN2CCN(c3ccc(Cc4ccc(F)cc4)cc3)CC2)c(C)c(C)c1N. The Labute approximate surface area is 265 Å². The van der Waals surface area contributed by atoms with Crippen LogP contribution in [0.4, 0.5) is 15.8 Å². The van der Waals surface area contributed by atoms with E-state index in [-0.39, 0.29) is 12.4 Å². The van der Waals surface area contributed by atoms with E-state index in [1.807, 2.05) is 39.0 Å². The lowest BCUT2D eigenvalue weighted by atomic mass is 10.0. The predicted octanol–water partition coefficient (Wildman–Crippen LogP) is 3.49. The van der Waals surface area contributed by atoms with E-state index < -0.39 is 26.3 Å². The van der Waals surface area contributed by atoms with Crippen LogP contribution in [0.1, 0.15) is 27.8 Å². The fourth-order valence-electron chi connectivity index (χ4n) is 4.60. The molecule has 1 heterocycles. The number of aryl methyl sites for hydroxylation is 1. The number of halogens is 1. The van der Waals surface area contributed by atoms with E-state index in [2.05, 4.69) is 34.1 Å². The zero-order valence-corrected chi connectivity index (χ0v) is 27.9. The number of nitrogen functional groups attached to an aromatic ring is 1. The van der Waals surface area contributed by atoms with Crippen molar-refractivity contribution in [2.24, 2.45) is 0 Å². The summed E-state index contributed by atoms with van der Waals surface area (Å²) in [5.74, 6) is 0.589. The van der Waals surface area contributed by atoms with Gasteiger partial charge in [0, 0.05) is 44.1 Å². The third-order valence-electron chi connectivity index (χ3n) is 7.00. The molecule has 3 aromatic carbocycles. The first kappa shape index (κ1) is 37.9. The number of hydrogen-bond acceptors (Lipinski definition) is 9. The minimum absolute atomic E-state index is 0.203. The molecule has 0 radical (unpaired) electrons. The van der Waals surface area contributed by atoms with Crippen LogP contribution in [0.2, 0.25) is 0 Å². The maximum Gasteiger partial charge on any atom is 0.261 e. The molecule has 0 aliphatic carbocycles. The second-order valence-electron chi connectivity index (χ2n) is 11.0. The lowest BCUT2D eigenvalue weighted by molar-refractivity contribution is 0.0660. The summed E-state index contributed by atoms with van der Waals surface area (Å²) in [6, 6.07) is 17.3. The van der Waals surface area contributed by atoms with E-state index in [0.717, 1.165) is 66.3 Å². The summed E-state index contributed by atoms with van der Waals surface area (Å²) in [6.45, 7) is 10.5. The highest BCUT2D eigenvalue weighted by Gasteiger charge is 2.20. The number of aliphatic hydroxyl groups is 1. The Hall–Kier alpha value is -3.27. The summed E-state index contributed by atoms with van der Waals surface area (Å²) >= 11 is 0. The topological polar surface area (TPSA) is 171 Å². The van der Waals surface area contributed by atoms with E-state index in [4.69, 9.17) is 19.6 Å². The molecule has 0 amide bonds. The molecular formula is C31H44FN3O8S2. The third kappa shape index (κ3) is 15.0. The molecule has 1 aliphatic rings. The van der Waals surface area contributed by atoms with Gasteiger partial charge in [-0.3, -0.25) is 14.0 Å². The van der Waals surface area contributed by atoms with Gasteiger partial charge in [0.05, 0.1) is 12.5 Å². The number of anilines is 2. The third-order valence-corrected chi connectivity index (χ3v) is 7.00. The molecule has 250 valence electrons.